The van der Waals surface area contributed by atoms with Gasteiger partial charge in [-0.1, -0.05) is 211 Å². The third-order valence-electron chi connectivity index (χ3n) is 13.1. The minimum absolute atomic E-state index is 0.0765. The number of halogens is 1. The van der Waals surface area contributed by atoms with Crippen LogP contribution in [0.2, 0.25) is 0 Å². The fraction of sp³-hybridized carbons (Fsp3) is 0.254. The number of rotatable bonds is 12. The third kappa shape index (κ3) is 7.75. The Morgan fingerprint density at radius 3 is 1.27 bits per heavy atom. The van der Waals surface area contributed by atoms with Crippen molar-refractivity contribution in [3.63, 3.8) is 0 Å². The van der Waals surface area contributed by atoms with Crippen LogP contribution in [0.5, 0.6) is 0 Å². The molecule has 0 saturated heterocycles. The first-order valence-corrected chi connectivity index (χ1v) is 23.5. The van der Waals surface area contributed by atoms with E-state index in [-0.39, 0.29) is 5.41 Å². The molecule has 1 heteroatoms. The van der Waals surface area contributed by atoms with Crippen molar-refractivity contribution in [3.05, 3.63) is 176 Å². The molecule has 0 atom stereocenters. The molecule has 0 N–H and O–H groups in total. The van der Waals surface area contributed by atoms with E-state index >= 15 is 0 Å². The molecule has 0 fully saturated rings. The third-order valence-corrected chi connectivity index (χ3v) is 14.2. The van der Waals surface area contributed by atoms with Crippen molar-refractivity contribution < 1.29 is 0 Å². The summed E-state index contributed by atoms with van der Waals surface area (Å²) in [5.41, 5.74) is 10.0. The van der Waals surface area contributed by atoms with E-state index < -0.39 is 0 Å². The quantitative estimate of drug-likeness (QED) is 0.0496. The van der Waals surface area contributed by atoms with Crippen LogP contribution in [0.3, 0.4) is 0 Å². The van der Waals surface area contributed by atoms with Crippen LogP contribution in [-0.2, 0) is 5.41 Å². The molecule has 0 bridgehead atoms. The van der Waals surface area contributed by atoms with E-state index in [2.05, 4.69) is 200 Å². The summed E-state index contributed by atoms with van der Waals surface area (Å²) in [6.07, 6.45) is 15.0. The molecule has 1 aliphatic rings. The molecule has 60 heavy (non-hydrogen) atoms. The minimum atomic E-state index is -0.0765. The molecule has 0 radical (unpaired) electrons. The van der Waals surface area contributed by atoms with Crippen molar-refractivity contribution in [3.8, 4) is 34.8 Å². The summed E-state index contributed by atoms with van der Waals surface area (Å²) >= 11 is 2.51. The van der Waals surface area contributed by atoms with Gasteiger partial charge in [0.1, 0.15) is 0 Å². The number of hydrogen-bond donors (Lipinski definition) is 0. The molecule has 1 aliphatic carbocycles. The molecule has 9 rings (SSSR count). The van der Waals surface area contributed by atoms with Gasteiger partial charge in [-0.2, -0.15) is 0 Å². The van der Waals surface area contributed by atoms with Gasteiger partial charge in [-0.15, -0.1) is 0 Å². The van der Waals surface area contributed by atoms with E-state index in [1.54, 1.807) is 0 Å². The van der Waals surface area contributed by atoms with Crippen molar-refractivity contribution in [2.24, 2.45) is 0 Å². The molecule has 0 saturated carbocycles. The summed E-state index contributed by atoms with van der Waals surface area (Å²) < 4.78 is 1.29. The first-order valence-electron chi connectivity index (χ1n) is 22.4. The van der Waals surface area contributed by atoms with Crippen LogP contribution in [0.1, 0.15) is 124 Å². The zero-order valence-corrected chi connectivity index (χ0v) is 37.3. The molecular formula is C59H53I. The van der Waals surface area contributed by atoms with Gasteiger partial charge in [-0.25, -0.2) is 0 Å². The smallest absolute Gasteiger partial charge is 0.0406 e. The van der Waals surface area contributed by atoms with Crippen LogP contribution in [0.25, 0.3) is 54.2 Å². The summed E-state index contributed by atoms with van der Waals surface area (Å²) in [4.78, 5) is 0. The number of fused-ring (bicyclic) bond motifs is 7. The van der Waals surface area contributed by atoms with Crippen molar-refractivity contribution in [2.45, 2.75) is 96.3 Å². The van der Waals surface area contributed by atoms with E-state index in [0.717, 1.165) is 35.1 Å². The fourth-order valence-electron chi connectivity index (χ4n) is 10.0. The predicted molar refractivity (Wildman–Crippen MR) is 267 cm³/mol. The Hall–Kier alpha value is -5.35. The molecule has 8 aromatic rings. The second-order valence-corrected chi connectivity index (χ2v) is 18.0. The Morgan fingerprint density at radius 1 is 0.400 bits per heavy atom. The maximum absolute atomic E-state index is 3.74. The van der Waals surface area contributed by atoms with Crippen LogP contribution >= 0.6 is 22.6 Å². The first-order chi connectivity index (χ1) is 29.6. The summed E-state index contributed by atoms with van der Waals surface area (Å²) in [6, 6.07) is 51.4. The summed E-state index contributed by atoms with van der Waals surface area (Å²) in [5, 5.41) is 9.87. The van der Waals surface area contributed by atoms with Crippen molar-refractivity contribution in [1.82, 2.24) is 0 Å². The highest BCUT2D eigenvalue weighted by molar-refractivity contribution is 14.1. The van der Waals surface area contributed by atoms with Crippen LogP contribution in [0, 0.1) is 27.3 Å². The highest BCUT2D eigenvalue weighted by Crippen LogP contribution is 2.54. The van der Waals surface area contributed by atoms with Crippen molar-refractivity contribution in [1.29, 1.82) is 0 Å². The summed E-state index contributed by atoms with van der Waals surface area (Å²) in [6.45, 7) is 4.63. The lowest BCUT2D eigenvalue weighted by Crippen LogP contribution is -2.26. The molecule has 0 spiro atoms. The summed E-state index contributed by atoms with van der Waals surface area (Å²) in [7, 11) is 0. The zero-order valence-electron chi connectivity index (χ0n) is 35.1. The van der Waals surface area contributed by atoms with E-state index in [0.29, 0.717) is 0 Å². The van der Waals surface area contributed by atoms with Gasteiger partial charge in [-0.3, -0.25) is 0 Å². The van der Waals surface area contributed by atoms with Gasteiger partial charge >= 0.3 is 0 Å². The van der Waals surface area contributed by atoms with E-state index in [4.69, 9.17) is 0 Å². The van der Waals surface area contributed by atoms with E-state index in [1.807, 2.05) is 0 Å². The highest BCUT2D eigenvalue weighted by Gasteiger charge is 2.42. The molecule has 0 unspecified atom stereocenters. The van der Waals surface area contributed by atoms with Gasteiger partial charge in [0.2, 0.25) is 0 Å². The largest absolute Gasteiger partial charge is 0.0654 e. The Labute approximate surface area is 371 Å². The minimum Gasteiger partial charge on any atom is -0.0654 e. The molecule has 0 aliphatic heterocycles. The van der Waals surface area contributed by atoms with Crippen LogP contribution in [-0.4, -0.2) is 0 Å². The predicted octanol–water partition coefficient (Wildman–Crippen LogP) is 16.7. The lowest BCUT2D eigenvalue weighted by Gasteiger charge is -2.33. The summed E-state index contributed by atoms with van der Waals surface area (Å²) in [5.74, 6) is 14.9. The zero-order chi connectivity index (χ0) is 40.9. The topological polar surface area (TPSA) is 0 Å². The van der Waals surface area contributed by atoms with E-state index in [1.165, 1.54) is 133 Å². The van der Waals surface area contributed by atoms with Gasteiger partial charge in [0.25, 0.3) is 0 Å². The van der Waals surface area contributed by atoms with Crippen molar-refractivity contribution >= 4 is 65.7 Å². The molecule has 296 valence electrons. The Balaban J connectivity index is 1.17. The second-order valence-electron chi connectivity index (χ2n) is 16.9. The number of unbranched alkanes of at least 4 members (excludes halogenated alkanes) is 8. The number of hydrogen-bond acceptors (Lipinski definition) is 0. The first kappa shape index (κ1) is 40.1. The van der Waals surface area contributed by atoms with Crippen LogP contribution in [0.15, 0.2) is 140 Å². The Kier molecular flexibility index (Phi) is 12.1. The lowest BCUT2D eigenvalue weighted by atomic mass is 9.70. The van der Waals surface area contributed by atoms with Crippen LogP contribution in [0.4, 0.5) is 0 Å². The van der Waals surface area contributed by atoms with Crippen LogP contribution < -0.4 is 0 Å². The standard InChI is InChI=1S/C59H53I/c1-3-5-7-9-19-37-59(38-20-10-8-6-4-2)56-39-42(29-33-50-46-23-13-11-21-44(46)41-45-22-12-14-24-47(45)50)31-35-52(56)53-36-32-43(40-57(53)59)30-34-51-48-25-15-17-27-54(48)58(60)55-28-18-16-26-49(51)55/h11-18,21-28,31-32,35-36,39-41H,3-10,19-20,37-38H2,1-2H3. The number of benzene rings is 8. The maximum atomic E-state index is 3.74. The fourth-order valence-corrected chi connectivity index (χ4v) is 10.9. The molecule has 8 aromatic carbocycles. The van der Waals surface area contributed by atoms with E-state index in [9.17, 15) is 0 Å². The van der Waals surface area contributed by atoms with Gasteiger partial charge in [0, 0.05) is 31.2 Å². The average molecular weight is 889 g/mol. The molecule has 0 aromatic heterocycles. The SMILES string of the molecule is CCCCCCCC1(CCCCCCC)c2cc(C#Cc3c4ccccc4cc4ccccc34)ccc2-c2ccc(C#Cc3c4ccccc4c(I)c4ccccc34)cc21. The Bertz CT molecular complexity index is 2870. The van der Waals surface area contributed by atoms with Gasteiger partial charge in [0.05, 0.1) is 0 Å². The monoisotopic (exact) mass is 888 g/mol. The average Bonchev–Trinajstić information content (AvgIpc) is 3.55. The molecule has 0 heterocycles. The van der Waals surface area contributed by atoms with Gasteiger partial charge < -0.3 is 0 Å². The van der Waals surface area contributed by atoms with Gasteiger partial charge in [-0.05, 0) is 131 Å². The van der Waals surface area contributed by atoms with Crippen molar-refractivity contribution in [2.75, 3.05) is 0 Å². The molecule has 0 amide bonds. The highest BCUT2D eigenvalue weighted by atomic mass is 127. The molecule has 0 nitrogen and oxygen atoms in total. The van der Waals surface area contributed by atoms with Gasteiger partial charge in [0.15, 0.2) is 0 Å². The Morgan fingerprint density at radius 2 is 0.800 bits per heavy atom. The normalized spacial score (nSPS) is 12.6. The lowest BCUT2D eigenvalue weighted by molar-refractivity contribution is 0.399. The second kappa shape index (κ2) is 18.1. The maximum Gasteiger partial charge on any atom is 0.0406 e. The molecular weight excluding hydrogens is 836 g/mol.